The molecule has 9 heteroatoms. The Morgan fingerprint density at radius 1 is 1.23 bits per heavy atom. The van der Waals surface area contributed by atoms with Crippen LogP contribution >= 0.6 is 0 Å². The molecule has 1 aromatic rings. The van der Waals surface area contributed by atoms with Crippen molar-refractivity contribution in [3.63, 3.8) is 0 Å². The van der Waals surface area contributed by atoms with E-state index in [0.717, 1.165) is 25.2 Å². The molecule has 146 valence electrons. The molecular formula is C17H24F3N3O3. The first-order chi connectivity index (χ1) is 12.2. The van der Waals surface area contributed by atoms with Crippen molar-refractivity contribution >= 4 is 11.7 Å². The Morgan fingerprint density at radius 3 is 2.38 bits per heavy atom. The number of urea groups is 1. The number of halogens is 3. The van der Waals surface area contributed by atoms with Crippen LogP contribution in [0.15, 0.2) is 24.3 Å². The number of rotatable bonds is 6. The third-order valence-electron chi connectivity index (χ3n) is 4.10. The topological polar surface area (TPSA) is 62.8 Å². The average Bonchev–Trinajstić information content (AvgIpc) is 2.56. The predicted molar refractivity (Wildman–Crippen MR) is 91.2 cm³/mol. The maximum absolute atomic E-state index is 12.1. The van der Waals surface area contributed by atoms with E-state index >= 15 is 0 Å². The first-order valence-electron chi connectivity index (χ1n) is 8.47. The lowest BCUT2D eigenvalue weighted by atomic mass is 10.0. The Bertz CT molecular complexity index is 573. The summed E-state index contributed by atoms with van der Waals surface area (Å²) in [5.74, 6) is 0.0165. The van der Waals surface area contributed by atoms with Crippen LogP contribution in [-0.2, 0) is 4.74 Å². The number of carbonyl (C=O) groups excluding carboxylic acids is 1. The third-order valence-corrected chi connectivity index (χ3v) is 4.10. The van der Waals surface area contributed by atoms with Gasteiger partial charge in [-0.3, -0.25) is 4.90 Å². The van der Waals surface area contributed by atoms with Crippen LogP contribution in [0.4, 0.5) is 23.7 Å². The highest BCUT2D eigenvalue weighted by Crippen LogP contribution is 2.23. The Balaban J connectivity index is 1.83. The van der Waals surface area contributed by atoms with Crippen LogP contribution < -0.4 is 15.4 Å². The Morgan fingerprint density at radius 2 is 1.85 bits per heavy atom. The van der Waals surface area contributed by atoms with Crippen molar-refractivity contribution in [3.8, 4) is 5.75 Å². The number of morpholine rings is 1. The molecular weight excluding hydrogens is 351 g/mol. The average molecular weight is 375 g/mol. The Hall–Kier alpha value is -2.00. The van der Waals surface area contributed by atoms with Crippen LogP contribution in [0.3, 0.4) is 0 Å². The largest absolute Gasteiger partial charge is 0.573 e. The zero-order valence-corrected chi connectivity index (χ0v) is 14.8. The van der Waals surface area contributed by atoms with E-state index in [1.165, 1.54) is 12.1 Å². The van der Waals surface area contributed by atoms with Crippen LogP contribution in [0.25, 0.3) is 0 Å². The van der Waals surface area contributed by atoms with Crippen molar-refractivity contribution in [2.24, 2.45) is 5.92 Å². The number of hydrogen-bond acceptors (Lipinski definition) is 4. The highest BCUT2D eigenvalue weighted by Gasteiger charge is 2.31. The van der Waals surface area contributed by atoms with E-state index < -0.39 is 12.4 Å². The van der Waals surface area contributed by atoms with Crippen LogP contribution in [0.1, 0.15) is 13.8 Å². The molecule has 1 aliphatic heterocycles. The minimum atomic E-state index is -4.74. The van der Waals surface area contributed by atoms with E-state index in [-0.39, 0.29) is 11.8 Å². The summed E-state index contributed by atoms with van der Waals surface area (Å²) in [6, 6.07) is 4.77. The smallest absolute Gasteiger partial charge is 0.406 e. The number of nitrogens with zero attached hydrogens (tertiary/aromatic N) is 1. The maximum atomic E-state index is 12.1. The zero-order valence-electron chi connectivity index (χ0n) is 14.8. The summed E-state index contributed by atoms with van der Waals surface area (Å²) in [6.07, 6.45) is -4.74. The fourth-order valence-electron chi connectivity index (χ4n) is 2.81. The van der Waals surface area contributed by atoms with Gasteiger partial charge in [0.05, 0.1) is 13.2 Å². The van der Waals surface area contributed by atoms with Gasteiger partial charge in [-0.25, -0.2) is 4.79 Å². The molecule has 0 aliphatic carbocycles. The number of hydrogen-bond donors (Lipinski definition) is 2. The second kappa shape index (κ2) is 9.09. The van der Waals surface area contributed by atoms with Gasteiger partial charge in [0.15, 0.2) is 0 Å². The highest BCUT2D eigenvalue weighted by atomic mass is 19.4. The number of carbonyl (C=O) groups is 1. The Labute approximate surface area is 150 Å². The van der Waals surface area contributed by atoms with Crippen LogP contribution in [0.2, 0.25) is 0 Å². The molecule has 2 rings (SSSR count). The van der Waals surface area contributed by atoms with E-state index in [1.54, 1.807) is 0 Å². The van der Waals surface area contributed by atoms with Gasteiger partial charge in [0.2, 0.25) is 0 Å². The van der Waals surface area contributed by atoms with Gasteiger partial charge in [-0.05, 0) is 30.2 Å². The molecule has 1 heterocycles. The highest BCUT2D eigenvalue weighted by molar-refractivity contribution is 5.89. The van der Waals surface area contributed by atoms with E-state index in [4.69, 9.17) is 4.74 Å². The van der Waals surface area contributed by atoms with E-state index in [1.807, 2.05) is 0 Å². The number of ether oxygens (including phenoxy) is 2. The molecule has 0 aromatic heterocycles. The molecule has 1 unspecified atom stereocenters. The van der Waals surface area contributed by atoms with Gasteiger partial charge in [0.1, 0.15) is 5.75 Å². The van der Waals surface area contributed by atoms with Crippen LogP contribution in [-0.4, -0.2) is 56.2 Å². The monoisotopic (exact) mass is 375 g/mol. The molecule has 1 aromatic carbocycles. The van der Waals surface area contributed by atoms with Crippen LogP contribution in [0.5, 0.6) is 5.75 Å². The second-order valence-electron chi connectivity index (χ2n) is 6.37. The molecule has 0 bridgehead atoms. The molecule has 1 fully saturated rings. The zero-order chi connectivity index (χ0) is 19.2. The summed E-state index contributed by atoms with van der Waals surface area (Å²) in [6.45, 7) is 7.68. The molecule has 0 radical (unpaired) electrons. The van der Waals surface area contributed by atoms with Crippen molar-refractivity contribution in [2.45, 2.75) is 26.3 Å². The number of benzene rings is 1. The van der Waals surface area contributed by atoms with Gasteiger partial charge in [0, 0.05) is 31.4 Å². The van der Waals surface area contributed by atoms with Gasteiger partial charge in [-0.15, -0.1) is 13.2 Å². The van der Waals surface area contributed by atoms with Gasteiger partial charge in [-0.2, -0.15) is 0 Å². The number of amides is 2. The van der Waals surface area contributed by atoms with Crippen molar-refractivity contribution < 1.29 is 27.4 Å². The van der Waals surface area contributed by atoms with Crippen molar-refractivity contribution in [3.05, 3.63) is 24.3 Å². The first kappa shape index (κ1) is 20.3. The van der Waals surface area contributed by atoms with Gasteiger partial charge in [0.25, 0.3) is 0 Å². The summed E-state index contributed by atoms with van der Waals surface area (Å²) in [5.41, 5.74) is 0.379. The summed E-state index contributed by atoms with van der Waals surface area (Å²) >= 11 is 0. The molecule has 26 heavy (non-hydrogen) atoms. The standard InChI is InChI=1S/C17H24F3N3O3/c1-12(2)15(23-7-9-25-10-8-23)11-21-16(24)22-13-3-5-14(6-4-13)26-17(18,19)20/h3-6,12,15H,7-11H2,1-2H3,(H2,21,22,24). The molecule has 0 saturated carbocycles. The van der Waals surface area contributed by atoms with Crippen molar-refractivity contribution in [1.82, 2.24) is 10.2 Å². The number of anilines is 1. The lowest BCUT2D eigenvalue weighted by Gasteiger charge is -2.36. The van der Waals surface area contributed by atoms with Gasteiger partial charge < -0.3 is 20.1 Å². The quantitative estimate of drug-likeness (QED) is 0.802. The number of alkyl halides is 3. The summed E-state index contributed by atoms with van der Waals surface area (Å²) < 4.78 is 45.5. The van der Waals surface area contributed by atoms with Crippen molar-refractivity contribution in [1.29, 1.82) is 0 Å². The summed E-state index contributed by atoms with van der Waals surface area (Å²) in [4.78, 5) is 14.3. The normalized spacial score (nSPS) is 17.0. The lowest BCUT2D eigenvalue weighted by Crippen LogP contribution is -2.51. The van der Waals surface area contributed by atoms with Crippen LogP contribution in [0, 0.1) is 5.92 Å². The second-order valence-corrected chi connectivity index (χ2v) is 6.37. The maximum Gasteiger partial charge on any atom is 0.573 e. The SMILES string of the molecule is CC(C)C(CNC(=O)Nc1ccc(OC(F)(F)F)cc1)N1CCOCC1. The van der Waals surface area contributed by atoms with Crippen molar-refractivity contribution in [2.75, 3.05) is 38.2 Å². The molecule has 1 atom stereocenters. The van der Waals surface area contributed by atoms with E-state index in [9.17, 15) is 18.0 Å². The fraction of sp³-hybridized carbons (Fsp3) is 0.588. The fourth-order valence-corrected chi connectivity index (χ4v) is 2.81. The first-order valence-corrected chi connectivity index (χ1v) is 8.47. The molecule has 1 saturated heterocycles. The number of nitrogens with one attached hydrogen (secondary N) is 2. The van der Waals surface area contributed by atoms with Gasteiger partial charge in [-0.1, -0.05) is 13.8 Å². The molecule has 1 aliphatic rings. The molecule has 2 amide bonds. The molecule has 0 spiro atoms. The lowest BCUT2D eigenvalue weighted by molar-refractivity contribution is -0.274. The minimum Gasteiger partial charge on any atom is -0.406 e. The van der Waals surface area contributed by atoms with E-state index in [0.29, 0.717) is 31.4 Å². The minimum absolute atomic E-state index is 0.187. The third kappa shape index (κ3) is 6.72. The van der Waals surface area contributed by atoms with Gasteiger partial charge >= 0.3 is 12.4 Å². The molecule has 2 N–H and O–H groups in total. The predicted octanol–water partition coefficient (Wildman–Crippen LogP) is 3.06. The molecule has 6 nitrogen and oxygen atoms in total. The summed E-state index contributed by atoms with van der Waals surface area (Å²) in [5, 5.41) is 5.42. The summed E-state index contributed by atoms with van der Waals surface area (Å²) in [7, 11) is 0. The Kier molecular flexibility index (Phi) is 7.10. The van der Waals surface area contributed by atoms with E-state index in [2.05, 4.69) is 34.1 Å².